The van der Waals surface area contributed by atoms with E-state index in [9.17, 15) is 21.6 Å². The van der Waals surface area contributed by atoms with Gasteiger partial charge in [0.2, 0.25) is 10.0 Å². The van der Waals surface area contributed by atoms with Crippen LogP contribution >= 0.6 is 0 Å². The topological polar surface area (TPSA) is 101 Å². The monoisotopic (exact) mass is 290 g/mol. The summed E-state index contributed by atoms with van der Waals surface area (Å²) in [5.74, 6) is -0.502. The van der Waals surface area contributed by atoms with Crippen molar-refractivity contribution in [2.75, 3.05) is 7.05 Å². The van der Waals surface area contributed by atoms with Crippen LogP contribution in [0.5, 0.6) is 0 Å². The first-order chi connectivity index (χ1) is 8.29. The predicted octanol–water partition coefficient (Wildman–Crippen LogP) is 0.0288. The third-order valence-electron chi connectivity index (χ3n) is 2.06. The van der Waals surface area contributed by atoms with Gasteiger partial charge in [-0.3, -0.25) is 0 Å². The van der Waals surface area contributed by atoms with Gasteiger partial charge in [0.1, 0.15) is 0 Å². The van der Waals surface area contributed by atoms with Crippen molar-refractivity contribution < 1.29 is 21.6 Å². The van der Waals surface area contributed by atoms with Crippen LogP contribution in [-0.4, -0.2) is 33.7 Å². The molecule has 0 spiro atoms. The number of rotatable bonds is 5. The fraction of sp³-hybridized carbons (Fsp3) is 0.222. The largest absolute Gasteiger partial charge is 0.345 e. The number of carbonyl (C=O) groups excluding carboxylic acids is 1. The molecule has 0 aromatic heterocycles. The average molecular weight is 290 g/mol. The number of benzene rings is 1. The number of hydrogen-bond acceptors (Lipinski definition) is 5. The van der Waals surface area contributed by atoms with Crippen LogP contribution in [0.15, 0.2) is 34.7 Å². The Balaban J connectivity index is 3.06. The van der Waals surface area contributed by atoms with Gasteiger partial charge in [-0.25, -0.2) is 13.2 Å². The molecule has 0 aliphatic carbocycles. The maximum absolute atomic E-state index is 11.8. The molecule has 0 fully saturated rings. The molecule has 0 N–H and O–H groups in total. The summed E-state index contributed by atoms with van der Waals surface area (Å²) in [5.41, 5.74) is 0.426. The maximum Gasteiger partial charge on any atom is 0.345 e. The van der Waals surface area contributed by atoms with Crippen LogP contribution < -0.4 is 0 Å². The van der Waals surface area contributed by atoms with Gasteiger partial charge in [0.05, 0.1) is 5.75 Å². The number of sulfonamides is 1. The van der Waals surface area contributed by atoms with Gasteiger partial charge in [-0.15, -0.1) is 0 Å². The third-order valence-corrected chi connectivity index (χ3v) is 5.74. The molecule has 0 unspecified atom stereocenters. The minimum absolute atomic E-state index is 0.0535. The van der Waals surface area contributed by atoms with E-state index in [1.807, 2.05) is 0 Å². The van der Waals surface area contributed by atoms with Crippen molar-refractivity contribution in [1.29, 1.82) is 0 Å². The van der Waals surface area contributed by atoms with Crippen molar-refractivity contribution in [2.45, 2.75) is 5.75 Å². The van der Waals surface area contributed by atoms with E-state index in [-0.39, 0.29) is 3.71 Å². The zero-order valence-corrected chi connectivity index (χ0v) is 11.0. The summed E-state index contributed by atoms with van der Waals surface area (Å²) in [6.45, 7) is 0. The first-order valence-corrected chi connectivity index (χ1v) is 7.65. The first-order valence-electron chi connectivity index (χ1n) is 4.64. The van der Waals surface area contributed by atoms with E-state index >= 15 is 0 Å². The van der Waals surface area contributed by atoms with E-state index in [1.165, 1.54) is 0 Å². The van der Waals surface area contributed by atoms with Crippen molar-refractivity contribution in [3.05, 3.63) is 35.9 Å². The van der Waals surface area contributed by atoms with Gasteiger partial charge in [0.15, 0.2) is 0 Å². The standard InChI is InChI=1S/C9H10N2O5S2/c1-11(18(15,16)10-8-12)17(13,14)7-9-5-3-2-4-6-9/h2-6H,7H2,1H3. The molecule has 18 heavy (non-hydrogen) atoms. The molecular weight excluding hydrogens is 280 g/mol. The second-order valence-electron chi connectivity index (χ2n) is 3.28. The lowest BCUT2D eigenvalue weighted by Crippen LogP contribution is -2.32. The summed E-state index contributed by atoms with van der Waals surface area (Å²) in [4.78, 5) is 9.92. The highest BCUT2D eigenvalue weighted by Gasteiger charge is 2.29. The number of nitrogens with zero attached hydrogens (tertiary/aromatic N) is 2. The highest BCUT2D eigenvalue weighted by molar-refractivity contribution is 8.03. The lowest BCUT2D eigenvalue weighted by Gasteiger charge is -2.13. The minimum Gasteiger partial charge on any atom is -0.211 e. The lowest BCUT2D eigenvalue weighted by atomic mass is 10.2. The van der Waals surface area contributed by atoms with Crippen LogP contribution in [0, 0.1) is 0 Å². The molecular formula is C9H10N2O5S2. The van der Waals surface area contributed by atoms with E-state index in [2.05, 4.69) is 4.40 Å². The third kappa shape index (κ3) is 3.47. The van der Waals surface area contributed by atoms with Crippen LogP contribution in [0.1, 0.15) is 5.56 Å². The Morgan fingerprint density at radius 2 is 1.72 bits per heavy atom. The first kappa shape index (κ1) is 14.5. The summed E-state index contributed by atoms with van der Waals surface area (Å²) < 4.78 is 48.7. The molecule has 0 amide bonds. The fourth-order valence-corrected chi connectivity index (χ4v) is 3.53. The Morgan fingerprint density at radius 3 is 2.22 bits per heavy atom. The van der Waals surface area contributed by atoms with Gasteiger partial charge < -0.3 is 0 Å². The van der Waals surface area contributed by atoms with Crippen LogP contribution in [0.25, 0.3) is 0 Å². The van der Waals surface area contributed by atoms with Gasteiger partial charge in [-0.05, 0) is 5.56 Å². The van der Waals surface area contributed by atoms with Gasteiger partial charge in [-0.1, -0.05) is 38.4 Å². The molecule has 0 heterocycles. The molecule has 9 heteroatoms. The summed E-state index contributed by atoms with van der Waals surface area (Å²) in [7, 11) is -7.85. The van der Waals surface area contributed by atoms with Crippen molar-refractivity contribution in [1.82, 2.24) is 3.71 Å². The van der Waals surface area contributed by atoms with Crippen molar-refractivity contribution in [3.8, 4) is 0 Å². The summed E-state index contributed by atoms with van der Waals surface area (Å²) >= 11 is 0. The molecule has 7 nitrogen and oxygen atoms in total. The zero-order chi connectivity index (χ0) is 13.8. The van der Waals surface area contributed by atoms with Crippen LogP contribution in [0.4, 0.5) is 0 Å². The molecule has 0 radical (unpaired) electrons. The second-order valence-corrected chi connectivity index (χ2v) is 7.14. The Labute approximate surface area is 105 Å². The van der Waals surface area contributed by atoms with E-state index in [0.717, 1.165) is 13.1 Å². The Hall–Kier alpha value is -1.54. The second kappa shape index (κ2) is 5.40. The lowest BCUT2D eigenvalue weighted by molar-refractivity contribution is 0.525. The highest BCUT2D eigenvalue weighted by atomic mass is 32.3. The number of hydrogen-bond donors (Lipinski definition) is 0. The van der Waals surface area contributed by atoms with Gasteiger partial charge >= 0.3 is 10.2 Å². The molecule has 0 aliphatic heterocycles. The normalized spacial score (nSPS) is 12.1. The van der Waals surface area contributed by atoms with Crippen molar-refractivity contribution in [3.63, 3.8) is 0 Å². The smallest absolute Gasteiger partial charge is 0.211 e. The van der Waals surface area contributed by atoms with Crippen LogP contribution in [0.3, 0.4) is 0 Å². The average Bonchev–Trinajstić information content (AvgIpc) is 2.28. The highest BCUT2D eigenvalue weighted by Crippen LogP contribution is 2.13. The molecule has 1 aromatic carbocycles. The maximum atomic E-state index is 11.8. The van der Waals surface area contributed by atoms with Crippen molar-refractivity contribution in [2.24, 2.45) is 4.40 Å². The van der Waals surface area contributed by atoms with Crippen molar-refractivity contribution >= 4 is 26.3 Å². The van der Waals surface area contributed by atoms with Gasteiger partial charge in [0, 0.05) is 7.05 Å². The quantitative estimate of drug-likeness (QED) is 0.562. The molecule has 98 valence electrons. The summed E-state index contributed by atoms with van der Waals surface area (Å²) in [6, 6.07) is 8.04. The van der Waals surface area contributed by atoms with Gasteiger partial charge in [0.25, 0.3) is 6.08 Å². The van der Waals surface area contributed by atoms with Gasteiger partial charge in [-0.2, -0.15) is 8.42 Å². The van der Waals surface area contributed by atoms with E-state index in [1.54, 1.807) is 30.3 Å². The Morgan fingerprint density at radius 1 is 1.17 bits per heavy atom. The molecule has 0 saturated heterocycles. The van der Waals surface area contributed by atoms with Crippen LogP contribution in [0.2, 0.25) is 0 Å². The predicted molar refractivity (Wildman–Crippen MR) is 63.9 cm³/mol. The minimum atomic E-state index is -4.54. The Kier molecular flexibility index (Phi) is 4.36. The van der Waals surface area contributed by atoms with E-state index in [0.29, 0.717) is 5.56 Å². The molecule has 0 atom stereocenters. The summed E-state index contributed by atoms with van der Waals surface area (Å²) in [6.07, 6.45) is 0.806. The fourth-order valence-electron chi connectivity index (χ4n) is 1.12. The molecule has 0 bridgehead atoms. The van der Waals surface area contributed by atoms with E-state index in [4.69, 9.17) is 0 Å². The molecule has 0 aliphatic rings. The Bertz CT molecular complexity index is 660. The summed E-state index contributed by atoms with van der Waals surface area (Å²) in [5, 5.41) is 0. The number of isocyanates is 1. The molecule has 1 rings (SSSR count). The van der Waals surface area contributed by atoms with Crippen LogP contribution in [-0.2, 0) is 30.8 Å². The zero-order valence-electron chi connectivity index (χ0n) is 9.35. The molecule has 0 saturated carbocycles. The SMILES string of the molecule is CN(S(=O)(=O)Cc1ccccc1)S(=O)(=O)N=C=O. The van der Waals surface area contributed by atoms with E-state index < -0.39 is 26.0 Å². The molecule has 1 aromatic rings.